The number of nitrogens with zero attached hydrogens (tertiary/aromatic N) is 1. The van der Waals surface area contributed by atoms with Crippen LogP contribution in [0.25, 0.3) is 0 Å². The van der Waals surface area contributed by atoms with Gasteiger partial charge in [-0.25, -0.2) is 0 Å². The molecule has 3 N–H and O–H groups in total. The maximum absolute atomic E-state index is 9.13. The summed E-state index contributed by atoms with van der Waals surface area (Å²) in [7, 11) is 1.57. The van der Waals surface area contributed by atoms with Crippen LogP contribution < -0.4 is 15.2 Å². The van der Waals surface area contributed by atoms with Crippen LogP contribution in [0.15, 0.2) is 24.4 Å². The van der Waals surface area contributed by atoms with Crippen molar-refractivity contribution < 1.29 is 14.6 Å². The molecular formula is C16H20N2O3. The number of aliphatic hydroxyl groups excluding tert-OH is 1. The van der Waals surface area contributed by atoms with Gasteiger partial charge in [0.05, 0.1) is 19.4 Å². The molecule has 0 radical (unpaired) electrons. The largest absolute Gasteiger partial charge is 0.493 e. The molecule has 5 heteroatoms. The van der Waals surface area contributed by atoms with E-state index in [2.05, 4.69) is 4.98 Å². The van der Waals surface area contributed by atoms with Crippen LogP contribution in [0.2, 0.25) is 0 Å². The Bertz CT molecular complexity index is 642. The highest BCUT2D eigenvalue weighted by Crippen LogP contribution is 2.29. The number of benzene rings is 1. The fourth-order valence-electron chi connectivity index (χ4n) is 2.01. The molecule has 0 amide bonds. The van der Waals surface area contributed by atoms with Crippen molar-refractivity contribution in [3.05, 3.63) is 46.8 Å². The van der Waals surface area contributed by atoms with Crippen molar-refractivity contribution in [3.8, 4) is 11.5 Å². The van der Waals surface area contributed by atoms with E-state index in [9.17, 15) is 0 Å². The second-order valence-electron chi connectivity index (χ2n) is 4.86. The predicted octanol–water partition coefficient (Wildman–Crippen LogP) is 2.36. The van der Waals surface area contributed by atoms with Gasteiger partial charge in [0.2, 0.25) is 0 Å². The van der Waals surface area contributed by atoms with E-state index < -0.39 is 0 Å². The molecule has 0 bridgehead atoms. The molecule has 1 heterocycles. The Morgan fingerprint density at radius 3 is 2.67 bits per heavy atom. The van der Waals surface area contributed by atoms with Gasteiger partial charge in [-0.15, -0.1) is 0 Å². The first kappa shape index (κ1) is 15.1. The van der Waals surface area contributed by atoms with Crippen LogP contribution in [0.1, 0.15) is 22.4 Å². The van der Waals surface area contributed by atoms with Crippen molar-refractivity contribution in [2.45, 2.75) is 27.1 Å². The molecule has 21 heavy (non-hydrogen) atoms. The smallest absolute Gasteiger partial charge is 0.161 e. The summed E-state index contributed by atoms with van der Waals surface area (Å²) >= 11 is 0. The number of pyridine rings is 1. The number of aliphatic hydroxyl groups is 1. The molecule has 5 nitrogen and oxygen atoms in total. The second-order valence-corrected chi connectivity index (χ2v) is 4.86. The molecule has 0 aliphatic rings. The molecule has 0 unspecified atom stereocenters. The normalized spacial score (nSPS) is 10.5. The van der Waals surface area contributed by atoms with Gasteiger partial charge < -0.3 is 20.3 Å². The minimum Gasteiger partial charge on any atom is -0.493 e. The van der Waals surface area contributed by atoms with Crippen LogP contribution in [0, 0.1) is 13.8 Å². The number of hydrogen-bond acceptors (Lipinski definition) is 5. The number of hydrogen-bond donors (Lipinski definition) is 2. The lowest BCUT2D eigenvalue weighted by Crippen LogP contribution is -2.06. The number of ether oxygens (including phenoxy) is 2. The molecule has 2 rings (SSSR count). The lowest BCUT2D eigenvalue weighted by Gasteiger charge is -2.14. The van der Waals surface area contributed by atoms with E-state index in [1.807, 2.05) is 13.8 Å². The van der Waals surface area contributed by atoms with Crippen LogP contribution in [0.4, 0.5) is 5.69 Å². The molecule has 1 aromatic heterocycles. The molecule has 0 saturated carbocycles. The van der Waals surface area contributed by atoms with E-state index in [1.165, 1.54) is 0 Å². The van der Waals surface area contributed by atoms with Crippen LogP contribution in [0.5, 0.6) is 11.5 Å². The van der Waals surface area contributed by atoms with Gasteiger partial charge in [0.25, 0.3) is 0 Å². The van der Waals surface area contributed by atoms with Gasteiger partial charge >= 0.3 is 0 Å². The van der Waals surface area contributed by atoms with Crippen molar-refractivity contribution in [3.63, 3.8) is 0 Å². The minimum atomic E-state index is -0.0359. The summed E-state index contributed by atoms with van der Waals surface area (Å²) in [4.78, 5) is 4.36. The van der Waals surface area contributed by atoms with Crippen LogP contribution in [-0.4, -0.2) is 17.2 Å². The zero-order chi connectivity index (χ0) is 15.4. The fraction of sp³-hybridized carbons (Fsp3) is 0.312. The predicted molar refractivity (Wildman–Crippen MR) is 81.4 cm³/mol. The van der Waals surface area contributed by atoms with Gasteiger partial charge in [-0.3, -0.25) is 4.98 Å². The average Bonchev–Trinajstić information content (AvgIpc) is 2.52. The molecule has 0 atom stereocenters. The Morgan fingerprint density at radius 2 is 2.00 bits per heavy atom. The topological polar surface area (TPSA) is 77.6 Å². The molecule has 0 spiro atoms. The zero-order valence-electron chi connectivity index (χ0n) is 12.5. The van der Waals surface area contributed by atoms with E-state index in [1.54, 1.807) is 31.5 Å². The van der Waals surface area contributed by atoms with Gasteiger partial charge in [-0.2, -0.15) is 0 Å². The number of aryl methyl sites for hydroxylation is 1. The highest BCUT2D eigenvalue weighted by Gasteiger charge is 2.10. The van der Waals surface area contributed by atoms with Gasteiger partial charge in [0.15, 0.2) is 11.5 Å². The van der Waals surface area contributed by atoms with Crippen molar-refractivity contribution in [1.82, 2.24) is 4.98 Å². The first-order valence-electron chi connectivity index (χ1n) is 6.68. The summed E-state index contributed by atoms with van der Waals surface area (Å²) in [5.74, 6) is 1.19. The number of nitrogen functional groups attached to an aromatic ring is 1. The maximum atomic E-state index is 9.13. The third-order valence-electron chi connectivity index (χ3n) is 3.45. The number of anilines is 1. The summed E-state index contributed by atoms with van der Waals surface area (Å²) in [6, 6.07) is 5.32. The fourth-order valence-corrected chi connectivity index (χ4v) is 2.01. The van der Waals surface area contributed by atoms with Crippen LogP contribution in [-0.2, 0) is 13.2 Å². The standard InChI is InChI=1S/C16H20N2O3/c1-10-7-18-13(11(2)16(10)17)9-21-14-5-4-12(8-19)6-15(14)20-3/h4-7,19H,8-9H2,1-3H3,(H2,17,18). The summed E-state index contributed by atoms with van der Waals surface area (Å²) < 4.78 is 11.0. The summed E-state index contributed by atoms with van der Waals surface area (Å²) in [6.45, 7) is 4.13. The Hall–Kier alpha value is -2.27. The van der Waals surface area contributed by atoms with E-state index in [0.29, 0.717) is 18.1 Å². The van der Waals surface area contributed by atoms with Crippen molar-refractivity contribution in [2.75, 3.05) is 12.8 Å². The van der Waals surface area contributed by atoms with Crippen molar-refractivity contribution in [2.24, 2.45) is 0 Å². The van der Waals surface area contributed by atoms with Crippen molar-refractivity contribution in [1.29, 1.82) is 0 Å². The Labute approximate surface area is 124 Å². The monoisotopic (exact) mass is 288 g/mol. The quantitative estimate of drug-likeness (QED) is 0.883. The van der Waals surface area contributed by atoms with Gasteiger partial charge in [0.1, 0.15) is 6.61 Å². The lowest BCUT2D eigenvalue weighted by molar-refractivity contribution is 0.272. The molecule has 1 aromatic carbocycles. The molecule has 112 valence electrons. The van der Waals surface area contributed by atoms with Gasteiger partial charge in [-0.1, -0.05) is 6.07 Å². The highest BCUT2D eigenvalue weighted by atomic mass is 16.5. The summed E-state index contributed by atoms with van der Waals surface area (Å²) in [5.41, 5.74) is 10.2. The Morgan fingerprint density at radius 1 is 1.24 bits per heavy atom. The molecular weight excluding hydrogens is 268 g/mol. The van der Waals surface area contributed by atoms with Crippen LogP contribution in [0.3, 0.4) is 0 Å². The Kier molecular flexibility index (Phi) is 4.65. The number of aromatic nitrogens is 1. The number of nitrogens with two attached hydrogens (primary N) is 1. The zero-order valence-corrected chi connectivity index (χ0v) is 12.5. The van der Waals surface area contributed by atoms with Gasteiger partial charge in [-0.05, 0) is 42.7 Å². The highest BCUT2D eigenvalue weighted by molar-refractivity contribution is 5.53. The SMILES string of the molecule is COc1cc(CO)ccc1OCc1ncc(C)c(N)c1C. The molecule has 2 aromatic rings. The lowest BCUT2D eigenvalue weighted by atomic mass is 10.1. The number of methoxy groups -OCH3 is 1. The molecule has 0 aliphatic carbocycles. The summed E-state index contributed by atoms with van der Waals surface area (Å²) in [5, 5.41) is 9.13. The molecule has 0 aliphatic heterocycles. The van der Waals surface area contributed by atoms with Crippen molar-refractivity contribution >= 4 is 5.69 Å². The van der Waals surface area contributed by atoms with E-state index in [4.69, 9.17) is 20.3 Å². The first-order chi connectivity index (χ1) is 10.1. The summed E-state index contributed by atoms with van der Waals surface area (Å²) in [6.07, 6.45) is 1.74. The molecule has 0 saturated heterocycles. The third kappa shape index (κ3) is 3.25. The van der Waals surface area contributed by atoms with Gasteiger partial charge in [0, 0.05) is 11.9 Å². The van der Waals surface area contributed by atoms with E-state index >= 15 is 0 Å². The van der Waals surface area contributed by atoms with E-state index in [-0.39, 0.29) is 6.61 Å². The number of rotatable bonds is 5. The minimum absolute atomic E-state index is 0.0359. The van der Waals surface area contributed by atoms with Crippen LogP contribution >= 0.6 is 0 Å². The first-order valence-corrected chi connectivity index (χ1v) is 6.68. The molecule has 0 fully saturated rings. The Balaban J connectivity index is 2.18. The van der Waals surface area contributed by atoms with E-state index in [0.717, 1.165) is 28.1 Å². The maximum Gasteiger partial charge on any atom is 0.161 e. The second kappa shape index (κ2) is 6.45. The third-order valence-corrected chi connectivity index (χ3v) is 3.45. The average molecular weight is 288 g/mol.